The van der Waals surface area contributed by atoms with Gasteiger partial charge in [0.25, 0.3) is 0 Å². The summed E-state index contributed by atoms with van der Waals surface area (Å²) in [4.78, 5) is 17.3. The Balaban J connectivity index is 1.50. The Kier molecular flexibility index (Phi) is 3.57. The molecular weight excluding hydrogens is 366 g/mol. The Morgan fingerprint density at radius 1 is 1.07 bits per heavy atom. The first-order chi connectivity index (χ1) is 14.4. The smallest absolute Gasteiger partial charge is 0.159 e. The maximum absolute atomic E-state index is 5.21. The maximum atomic E-state index is 5.21. The Labute approximate surface area is 165 Å². The minimum Gasteiger partial charge on any atom is -0.472 e. The lowest BCUT2D eigenvalue weighted by atomic mass is 10.0. The van der Waals surface area contributed by atoms with Crippen LogP contribution in [0.4, 0.5) is 0 Å². The monoisotopic (exact) mass is 383 g/mol. The van der Waals surface area contributed by atoms with Crippen LogP contribution in [-0.2, 0) is 0 Å². The van der Waals surface area contributed by atoms with E-state index in [2.05, 4.69) is 42.6 Å². The highest BCUT2D eigenvalue weighted by molar-refractivity contribution is 5.96. The number of hydrogen-bond acceptors (Lipinski definition) is 6. The van der Waals surface area contributed by atoms with Gasteiger partial charge in [-0.3, -0.25) is 15.1 Å². The van der Waals surface area contributed by atoms with Gasteiger partial charge in [-0.15, -0.1) is 0 Å². The van der Waals surface area contributed by atoms with Crippen LogP contribution in [-0.4, -0.2) is 43.2 Å². The lowest BCUT2D eigenvalue weighted by Crippen LogP contribution is -2.20. The largest absolute Gasteiger partial charge is 0.472 e. The van der Waals surface area contributed by atoms with E-state index in [1.165, 1.54) is 5.57 Å². The molecule has 5 aromatic heterocycles. The first-order valence-corrected chi connectivity index (χ1v) is 9.49. The van der Waals surface area contributed by atoms with Crippen molar-refractivity contribution in [3.63, 3.8) is 0 Å². The lowest BCUT2D eigenvalue weighted by Gasteiger charge is -2.13. The summed E-state index contributed by atoms with van der Waals surface area (Å²) >= 11 is 0. The van der Waals surface area contributed by atoms with Crippen LogP contribution in [0.5, 0.6) is 0 Å². The molecule has 1 aliphatic heterocycles. The number of pyridine rings is 2. The quantitative estimate of drug-likeness (QED) is 0.440. The van der Waals surface area contributed by atoms with Crippen LogP contribution >= 0.6 is 0 Å². The van der Waals surface area contributed by atoms with E-state index in [0.29, 0.717) is 5.82 Å². The molecular formula is C21H17N7O. The minimum atomic E-state index is 0.695. The SMILES string of the molecule is C1=C(c2cc3c(-c4nc5c(-c6ccoc6)nccc5[nH]4)n[nH]c3cn2)CCNC1. The van der Waals surface area contributed by atoms with Gasteiger partial charge in [-0.1, -0.05) is 6.08 Å². The van der Waals surface area contributed by atoms with Gasteiger partial charge in [0.2, 0.25) is 0 Å². The van der Waals surface area contributed by atoms with Gasteiger partial charge in [0.15, 0.2) is 5.82 Å². The molecule has 0 spiro atoms. The molecule has 5 aromatic rings. The van der Waals surface area contributed by atoms with Gasteiger partial charge in [-0.05, 0) is 36.7 Å². The number of nitrogens with zero attached hydrogens (tertiary/aromatic N) is 4. The second-order valence-corrected chi connectivity index (χ2v) is 7.02. The fraction of sp³-hybridized carbons (Fsp3) is 0.143. The predicted octanol–water partition coefficient (Wildman–Crippen LogP) is 3.53. The summed E-state index contributed by atoms with van der Waals surface area (Å²) in [6.45, 7) is 1.85. The number of aromatic amines is 2. The average Bonchev–Trinajstić information content (AvgIpc) is 3.52. The third-order valence-corrected chi connectivity index (χ3v) is 5.26. The van der Waals surface area contributed by atoms with Crippen molar-refractivity contribution < 1.29 is 4.42 Å². The van der Waals surface area contributed by atoms with Crippen molar-refractivity contribution in [1.82, 2.24) is 35.5 Å². The molecule has 29 heavy (non-hydrogen) atoms. The normalized spacial score (nSPS) is 14.6. The van der Waals surface area contributed by atoms with Crippen molar-refractivity contribution in [1.29, 1.82) is 0 Å². The third-order valence-electron chi connectivity index (χ3n) is 5.26. The Bertz CT molecular complexity index is 1360. The predicted molar refractivity (Wildman–Crippen MR) is 110 cm³/mol. The first-order valence-electron chi connectivity index (χ1n) is 9.49. The van der Waals surface area contributed by atoms with E-state index in [1.54, 1.807) is 18.7 Å². The Morgan fingerprint density at radius 3 is 2.93 bits per heavy atom. The zero-order valence-electron chi connectivity index (χ0n) is 15.4. The van der Waals surface area contributed by atoms with Crippen LogP contribution in [0.3, 0.4) is 0 Å². The summed E-state index contributed by atoms with van der Waals surface area (Å²) in [5.41, 5.74) is 7.26. The van der Waals surface area contributed by atoms with E-state index in [-0.39, 0.29) is 0 Å². The fourth-order valence-corrected chi connectivity index (χ4v) is 3.79. The van der Waals surface area contributed by atoms with Crippen molar-refractivity contribution in [2.45, 2.75) is 6.42 Å². The first kappa shape index (κ1) is 16.2. The average molecular weight is 383 g/mol. The number of aromatic nitrogens is 6. The van der Waals surface area contributed by atoms with Gasteiger partial charge < -0.3 is 14.7 Å². The highest BCUT2D eigenvalue weighted by Gasteiger charge is 2.17. The molecule has 6 rings (SSSR count). The lowest BCUT2D eigenvalue weighted by molar-refractivity contribution is 0.568. The second-order valence-electron chi connectivity index (χ2n) is 7.02. The van der Waals surface area contributed by atoms with Gasteiger partial charge in [-0.2, -0.15) is 5.10 Å². The van der Waals surface area contributed by atoms with Crippen molar-refractivity contribution in [3.8, 4) is 22.8 Å². The van der Waals surface area contributed by atoms with E-state index >= 15 is 0 Å². The van der Waals surface area contributed by atoms with Crippen LogP contribution < -0.4 is 5.32 Å². The van der Waals surface area contributed by atoms with E-state index < -0.39 is 0 Å². The summed E-state index contributed by atoms with van der Waals surface area (Å²) in [7, 11) is 0. The van der Waals surface area contributed by atoms with Crippen LogP contribution in [0.2, 0.25) is 0 Å². The minimum absolute atomic E-state index is 0.695. The second kappa shape index (κ2) is 6.39. The summed E-state index contributed by atoms with van der Waals surface area (Å²) < 4.78 is 5.21. The fourth-order valence-electron chi connectivity index (χ4n) is 3.79. The number of fused-ring (bicyclic) bond motifs is 2. The standard InChI is InChI=1S/C21H17N7O/c1-5-22-6-2-12(1)16-9-14-17(10-24-16)27-28-19(14)21-25-15-3-7-23-18(20(15)26-21)13-4-8-29-11-13/h1,3-4,7-11,22H,2,5-6H2,(H,25,26)(H,27,28). The van der Waals surface area contributed by atoms with Crippen molar-refractivity contribution in [3.05, 3.63) is 54.9 Å². The molecule has 0 bridgehead atoms. The van der Waals surface area contributed by atoms with E-state index in [4.69, 9.17) is 9.40 Å². The number of H-pyrrole nitrogens is 2. The molecule has 0 radical (unpaired) electrons. The van der Waals surface area contributed by atoms with Crippen LogP contribution in [0.15, 0.2) is 53.6 Å². The summed E-state index contributed by atoms with van der Waals surface area (Å²) in [5, 5.41) is 11.9. The molecule has 0 saturated heterocycles. The van der Waals surface area contributed by atoms with Gasteiger partial charge in [0.05, 0.1) is 35.5 Å². The molecule has 6 heterocycles. The van der Waals surface area contributed by atoms with Gasteiger partial charge in [-0.25, -0.2) is 4.98 Å². The number of hydrogen-bond donors (Lipinski definition) is 3. The molecule has 8 nitrogen and oxygen atoms in total. The Hall–Kier alpha value is -3.78. The Morgan fingerprint density at radius 2 is 2.07 bits per heavy atom. The molecule has 0 atom stereocenters. The van der Waals surface area contributed by atoms with E-state index in [9.17, 15) is 0 Å². The highest BCUT2D eigenvalue weighted by atomic mass is 16.3. The molecule has 0 amide bonds. The summed E-state index contributed by atoms with van der Waals surface area (Å²) in [5.74, 6) is 0.695. The van der Waals surface area contributed by atoms with Crippen LogP contribution in [0.25, 0.3) is 50.3 Å². The summed E-state index contributed by atoms with van der Waals surface area (Å²) in [6.07, 6.45) is 10.1. The van der Waals surface area contributed by atoms with Crippen molar-refractivity contribution >= 4 is 27.5 Å². The molecule has 8 heteroatoms. The molecule has 0 unspecified atom stereocenters. The third kappa shape index (κ3) is 2.65. The van der Waals surface area contributed by atoms with Crippen molar-refractivity contribution in [2.75, 3.05) is 13.1 Å². The van der Waals surface area contributed by atoms with E-state index in [1.807, 2.05) is 18.3 Å². The van der Waals surface area contributed by atoms with Crippen LogP contribution in [0, 0.1) is 0 Å². The van der Waals surface area contributed by atoms with Crippen molar-refractivity contribution in [2.24, 2.45) is 0 Å². The zero-order valence-corrected chi connectivity index (χ0v) is 15.4. The highest BCUT2D eigenvalue weighted by Crippen LogP contribution is 2.31. The number of furan rings is 1. The molecule has 0 aromatic carbocycles. The number of nitrogens with one attached hydrogen (secondary N) is 3. The molecule has 3 N–H and O–H groups in total. The number of imidazole rings is 1. The van der Waals surface area contributed by atoms with Gasteiger partial charge in [0, 0.05) is 23.7 Å². The summed E-state index contributed by atoms with van der Waals surface area (Å²) in [6, 6.07) is 5.88. The van der Waals surface area contributed by atoms with Crippen LogP contribution in [0.1, 0.15) is 12.1 Å². The molecule has 0 saturated carbocycles. The van der Waals surface area contributed by atoms with Gasteiger partial charge in [0.1, 0.15) is 16.9 Å². The molecule has 1 aliphatic rings. The van der Waals surface area contributed by atoms with E-state index in [0.717, 1.165) is 64.1 Å². The maximum Gasteiger partial charge on any atom is 0.159 e. The number of rotatable bonds is 3. The molecule has 0 aliphatic carbocycles. The zero-order chi connectivity index (χ0) is 19.2. The molecule has 0 fully saturated rings. The van der Waals surface area contributed by atoms with Gasteiger partial charge >= 0.3 is 0 Å². The molecule has 142 valence electrons. The topological polar surface area (TPSA) is 108 Å².